The van der Waals surface area contributed by atoms with Gasteiger partial charge in [-0.3, -0.25) is 0 Å². The van der Waals surface area contributed by atoms with Crippen LogP contribution in [0.1, 0.15) is 13.8 Å². The molecule has 0 saturated carbocycles. The van der Waals surface area contributed by atoms with Gasteiger partial charge in [-0.15, -0.1) is 23.2 Å². The summed E-state index contributed by atoms with van der Waals surface area (Å²) in [5.74, 6) is 0. The van der Waals surface area contributed by atoms with Gasteiger partial charge in [-0.05, 0) is 26.0 Å². The van der Waals surface area contributed by atoms with Crippen molar-refractivity contribution in [3.8, 4) is 0 Å². The molecule has 2 N–H and O–H groups in total. The molecule has 2 atom stereocenters. The van der Waals surface area contributed by atoms with E-state index >= 15 is 0 Å². The standard InChI is InChI=1S/C12H18Cl2N2/c1-9(13)7-15-11-5-3-4-6-12(11)16-8-10(2)14/h3-6,9-10,15-16H,7-8H2,1-2H3. The zero-order chi connectivity index (χ0) is 12.0. The van der Waals surface area contributed by atoms with Crippen molar-refractivity contribution in [3.05, 3.63) is 24.3 Å². The van der Waals surface area contributed by atoms with E-state index in [0.717, 1.165) is 24.5 Å². The number of benzene rings is 1. The second-order valence-electron chi connectivity index (χ2n) is 3.87. The molecule has 0 aliphatic carbocycles. The molecule has 1 aromatic carbocycles. The highest BCUT2D eigenvalue weighted by Crippen LogP contribution is 2.21. The van der Waals surface area contributed by atoms with Crippen LogP contribution in [0.15, 0.2) is 24.3 Å². The molecule has 0 aliphatic rings. The summed E-state index contributed by atoms with van der Waals surface area (Å²) < 4.78 is 0. The van der Waals surface area contributed by atoms with Gasteiger partial charge in [0.15, 0.2) is 0 Å². The molecule has 2 unspecified atom stereocenters. The Morgan fingerprint density at radius 3 is 1.62 bits per heavy atom. The van der Waals surface area contributed by atoms with Crippen molar-refractivity contribution >= 4 is 34.6 Å². The molecule has 1 aromatic rings. The lowest BCUT2D eigenvalue weighted by molar-refractivity contribution is 0.976. The first-order chi connectivity index (χ1) is 7.59. The molecule has 16 heavy (non-hydrogen) atoms. The van der Waals surface area contributed by atoms with E-state index in [4.69, 9.17) is 23.2 Å². The van der Waals surface area contributed by atoms with Gasteiger partial charge < -0.3 is 10.6 Å². The molecule has 90 valence electrons. The number of alkyl halides is 2. The van der Waals surface area contributed by atoms with E-state index in [2.05, 4.69) is 10.6 Å². The van der Waals surface area contributed by atoms with Crippen molar-refractivity contribution in [1.82, 2.24) is 0 Å². The molecule has 0 radical (unpaired) electrons. The van der Waals surface area contributed by atoms with Crippen LogP contribution in [0.2, 0.25) is 0 Å². The highest BCUT2D eigenvalue weighted by atomic mass is 35.5. The van der Waals surface area contributed by atoms with E-state index in [1.54, 1.807) is 0 Å². The minimum atomic E-state index is 0.111. The van der Waals surface area contributed by atoms with Crippen LogP contribution in [0.4, 0.5) is 11.4 Å². The first kappa shape index (κ1) is 13.5. The molecule has 1 rings (SSSR count). The molecule has 0 bridgehead atoms. The molecule has 0 aromatic heterocycles. The average molecular weight is 261 g/mol. The van der Waals surface area contributed by atoms with Crippen LogP contribution in [0.25, 0.3) is 0 Å². The molecule has 0 spiro atoms. The van der Waals surface area contributed by atoms with Crippen molar-refractivity contribution in [2.24, 2.45) is 0 Å². The zero-order valence-electron chi connectivity index (χ0n) is 9.63. The Morgan fingerprint density at radius 2 is 1.31 bits per heavy atom. The first-order valence-electron chi connectivity index (χ1n) is 5.44. The minimum Gasteiger partial charge on any atom is -0.382 e. The number of para-hydroxylation sites is 2. The predicted molar refractivity (Wildman–Crippen MR) is 74.1 cm³/mol. The van der Waals surface area contributed by atoms with Crippen LogP contribution < -0.4 is 10.6 Å². The number of halogens is 2. The molecule has 0 amide bonds. The molecule has 0 heterocycles. The number of rotatable bonds is 6. The Morgan fingerprint density at radius 1 is 0.938 bits per heavy atom. The third-order valence-electron chi connectivity index (χ3n) is 2.07. The summed E-state index contributed by atoms with van der Waals surface area (Å²) in [4.78, 5) is 0. The highest BCUT2D eigenvalue weighted by Gasteiger charge is 2.03. The number of anilines is 2. The van der Waals surface area contributed by atoms with E-state index in [0.29, 0.717) is 0 Å². The lowest BCUT2D eigenvalue weighted by Crippen LogP contribution is -2.15. The maximum Gasteiger partial charge on any atom is 0.0576 e. The predicted octanol–water partition coefficient (Wildman–Crippen LogP) is 3.77. The normalized spacial score (nSPS) is 14.2. The Balaban J connectivity index is 2.60. The van der Waals surface area contributed by atoms with E-state index in [1.807, 2.05) is 38.1 Å². The van der Waals surface area contributed by atoms with E-state index in [9.17, 15) is 0 Å². The monoisotopic (exact) mass is 260 g/mol. The van der Waals surface area contributed by atoms with Gasteiger partial charge in [0, 0.05) is 23.8 Å². The van der Waals surface area contributed by atoms with Crippen LogP contribution in [-0.4, -0.2) is 23.8 Å². The van der Waals surface area contributed by atoms with E-state index in [1.165, 1.54) is 0 Å². The lowest BCUT2D eigenvalue weighted by atomic mass is 10.2. The summed E-state index contributed by atoms with van der Waals surface area (Å²) in [7, 11) is 0. The largest absolute Gasteiger partial charge is 0.382 e. The molecular formula is C12H18Cl2N2. The number of hydrogen-bond donors (Lipinski definition) is 2. The van der Waals surface area contributed by atoms with Gasteiger partial charge in [-0.1, -0.05) is 12.1 Å². The SMILES string of the molecule is CC(Cl)CNc1ccccc1NCC(C)Cl. The fourth-order valence-corrected chi connectivity index (χ4v) is 1.45. The van der Waals surface area contributed by atoms with Gasteiger partial charge in [-0.2, -0.15) is 0 Å². The van der Waals surface area contributed by atoms with Gasteiger partial charge in [0.2, 0.25) is 0 Å². The Hall–Kier alpha value is -0.600. The first-order valence-corrected chi connectivity index (χ1v) is 6.31. The van der Waals surface area contributed by atoms with Crippen LogP contribution >= 0.6 is 23.2 Å². The smallest absolute Gasteiger partial charge is 0.0576 e. The topological polar surface area (TPSA) is 24.1 Å². The van der Waals surface area contributed by atoms with Gasteiger partial charge >= 0.3 is 0 Å². The van der Waals surface area contributed by atoms with Crippen molar-refractivity contribution in [2.75, 3.05) is 23.7 Å². The lowest BCUT2D eigenvalue weighted by Gasteiger charge is -2.15. The Kier molecular flexibility index (Phi) is 5.78. The van der Waals surface area contributed by atoms with Gasteiger partial charge in [0.05, 0.1) is 11.4 Å². The molecule has 0 fully saturated rings. The van der Waals surface area contributed by atoms with Crippen molar-refractivity contribution < 1.29 is 0 Å². The van der Waals surface area contributed by atoms with Gasteiger partial charge in [0.1, 0.15) is 0 Å². The van der Waals surface area contributed by atoms with Crippen LogP contribution in [0, 0.1) is 0 Å². The van der Waals surface area contributed by atoms with Crippen LogP contribution in [0.5, 0.6) is 0 Å². The van der Waals surface area contributed by atoms with Crippen molar-refractivity contribution in [3.63, 3.8) is 0 Å². The second-order valence-corrected chi connectivity index (χ2v) is 5.36. The summed E-state index contributed by atoms with van der Waals surface area (Å²) in [6.45, 7) is 5.42. The third-order valence-corrected chi connectivity index (χ3v) is 2.38. The maximum absolute atomic E-state index is 5.90. The maximum atomic E-state index is 5.90. The second kappa shape index (κ2) is 6.87. The highest BCUT2D eigenvalue weighted by molar-refractivity contribution is 6.20. The number of hydrogen-bond acceptors (Lipinski definition) is 2. The average Bonchev–Trinajstić information content (AvgIpc) is 2.24. The summed E-state index contributed by atoms with van der Waals surface area (Å²) in [5, 5.41) is 6.82. The number of nitrogens with one attached hydrogen (secondary N) is 2. The molecular weight excluding hydrogens is 243 g/mol. The summed E-state index contributed by atoms with van der Waals surface area (Å²) in [5.41, 5.74) is 2.12. The Labute approximate surface area is 107 Å². The minimum absolute atomic E-state index is 0.111. The van der Waals surface area contributed by atoms with Gasteiger partial charge in [0.25, 0.3) is 0 Å². The summed E-state index contributed by atoms with van der Waals surface area (Å²) >= 11 is 11.8. The van der Waals surface area contributed by atoms with Crippen LogP contribution in [-0.2, 0) is 0 Å². The fourth-order valence-electron chi connectivity index (χ4n) is 1.29. The summed E-state index contributed by atoms with van der Waals surface area (Å²) in [6.07, 6.45) is 0. The Bertz CT molecular complexity index is 283. The van der Waals surface area contributed by atoms with E-state index < -0.39 is 0 Å². The molecule has 0 aliphatic heterocycles. The molecule has 4 heteroatoms. The van der Waals surface area contributed by atoms with Gasteiger partial charge in [-0.25, -0.2) is 0 Å². The zero-order valence-corrected chi connectivity index (χ0v) is 11.1. The molecule has 0 saturated heterocycles. The van der Waals surface area contributed by atoms with E-state index in [-0.39, 0.29) is 10.8 Å². The third kappa shape index (κ3) is 4.95. The van der Waals surface area contributed by atoms with Crippen molar-refractivity contribution in [1.29, 1.82) is 0 Å². The molecule has 2 nitrogen and oxygen atoms in total. The quantitative estimate of drug-likeness (QED) is 0.762. The fraction of sp³-hybridized carbons (Fsp3) is 0.500. The summed E-state index contributed by atoms with van der Waals surface area (Å²) in [6, 6.07) is 8.05. The van der Waals surface area contributed by atoms with Crippen molar-refractivity contribution in [2.45, 2.75) is 24.6 Å². The van der Waals surface area contributed by atoms with Crippen LogP contribution in [0.3, 0.4) is 0 Å².